The third-order valence-corrected chi connectivity index (χ3v) is 3.49. The van der Waals surface area contributed by atoms with Crippen molar-refractivity contribution in [1.82, 2.24) is 4.98 Å². The van der Waals surface area contributed by atoms with Gasteiger partial charge in [-0.25, -0.2) is 0 Å². The van der Waals surface area contributed by atoms with Crippen LogP contribution in [0.25, 0.3) is 0 Å². The van der Waals surface area contributed by atoms with Gasteiger partial charge >= 0.3 is 0 Å². The summed E-state index contributed by atoms with van der Waals surface area (Å²) in [6, 6.07) is 0. The maximum atomic E-state index is 4.60. The van der Waals surface area contributed by atoms with Crippen LogP contribution in [-0.4, -0.2) is 4.98 Å². The summed E-state index contributed by atoms with van der Waals surface area (Å²) in [7, 11) is 0. The number of pyridine rings is 1. The van der Waals surface area contributed by atoms with E-state index in [1.807, 2.05) is 0 Å². The van der Waals surface area contributed by atoms with Crippen LogP contribution in [-0.2, 0) is 19.3 Å². The molecule has 1 heterocycles. The van der Waals surface area contributed by atoms with Gasteiger partial charge in [0.15, 0.2) is 0 Å². The van der Waals surface area contributed by atoms with Crippen molar-refractivity contribution in [3.8, 4) is 0 Å². The first kappa shape index (κ1) is 8.46. The van der Waals surface area contributed by atoms with Crippen LogP contribution in [0.2, 0.25) is 0 Å². The Hall–Kier alpha value is -0.850. The lowest BCUT2D eigenvalue weighted by Crippen LogP contribution is -2.13. The highest BCUT2D eigenvalue weighted by molar-refractivity contribution is 5.43. The highest BCUT2D eigenvalue weighted by Crippen LogP contribution is 2.30. The molecular formula is C13H16N. The molecule has 1 heteroatoms. The second kappa shape index (κ2) is 3.38. The van der Waals surface area contributed by atoms with Gasteiger partial charge in [0.25, 0.3) is 0 Å². The van der Waals surface area contributed by atoms with Crippen molar-refractivity contribution in [2.24, 2.45) is 0 Å². The molecule has 0 aliphatic heterocycles. The van der Waals surface area contributed by atoms with Gasteiger partial charge in [-0.15, -0.1) is 0 Å². The molecule has 14 heavy (non-hydrogen) atoms. The number of hydrogen-bond donors (Lipinski definition) is 0. The largest absolute Gasteiger partial charge is 0.261 e. The molecule has 0 spiro atoms. The Morgan fingerprint density at radius 2 is 1.93 bits per heavy atom. The van der Waals surface area contributed by atoms with Crippen LogP contribution in [0, 0.1) is 6.42 Å². The number of hydrogen-bond acceptors (Lipinski definition) is 1. The van der Waals surface area contributed by atoms with Crippen molar-refractivity contribution in [3.63, 3.8) is 0 Å². The van der Waals surface area contributed by atoms with E-state index in [2.05, 4.69) is 17.6 Å². The average Bonchev–Trinajstić information content (AvgIpc) is 2.29. The fourth-order valence-corrected chi connectivity index (χ4v) is 2.73. The minimum absolute atomic E-state index is 1.19. The van der Waals surface area contributed by atoms with Crippen LogP contribution in [0.4, 0.5) is 0 Å². The zero-order valence-electron chi connectivity index (χ0n) is 8.55. The molecule has 0 fully saturated rings. The van der Waals surface area contributed by atoms with Gasteiger partial charge in [-0.2, -0.15) is 0 Å². The Balaban J connectivity index is 2.12. The molecule has 0 aromatic carbocycles. The van der Waals surface area contributed by atoms with Crippen molar-refractivity contribution in [2.45, 2.75) is 44.9 Å². The number of aromatic nitrogens is 1. The molecule has 1 radical (unpaired) electrons. The van der Waals surface area contributed by atoms with E-state index in [1.165, 1.54) is 61.8 Å². The number of fused-ring (bicyclic) bond motifs is 3. The van der Waals surface area contributed by atoms with Gasteiger partial charge < -0.3 is 0 Å². The molecule has 1 aromatic rings. The van der Waals surface area contributed by atoms with Crippen molar-refractivity contribution in [3.05, 3.63) is 35.0 Å². The molecule has 0 bridgehead atoms. The zero-order valence-corrected chi connectivity index (χ0v) is 8.55. The van der Waals surface area contributed by atoms with Gasteiger partial charge in [0.05, 0.1) is 0 Å². The minimum Gasteiger partial charge on any atom is -0.261 e. The van der Waals surface area contributed by atoms with Gasteiger partial charge in [-0.05, 0) is 68.1 Å². The van der Waals surface area contributed by atoms with Crippen LogP contribution in [0.5, 0.6) is 0 Å². The Labute approximate surface area is 85.6 Å². The van der Waals surface area contributed by atoms with E-state index in [-0.39, 0.29) is 0 Å². The monoisotopic (exact) mass is 186 g/mol. The molecule has 1 aromatic heterocycles. The molecule has 0 N–H and O–H groups in total. The smallest absolute Gasteiger partial charge is 0.0441 e. The molecular weight excluding hydrogens is 170 g/mol. The molecule has 0 amide bonds. The van der Waals surface area contributed by atoms with Crippen LogP contribution in [0.1, 0.15) is 48.1 Å². The maximum absolute atomic E-state index is 4.60. The summed E-state index contributed by atoms with van der Waals surface area (Å²) in [6.07, 6.45) is 13.6. The summed E-state index contributed by atoms with van der Waals surface area (Å²) in [5, 5.41) is 0. The van der Waals surface area contributed by atoms with E-state index in [4.69, 9.17) is 0 Å². The summed E-state index contributed by atoms with van der Waals surface area (Å²) >= 11 is 0. The van der Waals surface area contributed by atoms with Gasteiger partial charge in [0.1, 0.15) is 0 Å². The third kappa shape index (κ3) is 1.26. The number of rotatable bonds is 0. The van der Waals surface area contributed by atoms with Crippen LogP contribution >= 0.6 is 0 Å². The minimum atomic E-state index is 1.19. The predicted molar refractivity (Wildman–Crippen MR) is 57.2 cm³/mol. The van der Waals surface area contributed by atoms with Gasteiger partial charge in [0, 0.05) is 11.9 Å². The highest BCUT2D eigenvalue weighted by atomic mass is 14.7. The van der Waals surface area contributed by atoms with Crippen LogP contribution in [0.15, 0.2) is 6.20 Å². The quantitative estimate of drug-likeness (QED) is 0.607. The Bertz CT molecular complexity index is 319. The molecule has 0 unspecified atom stereocenters. The Morgan fingerprint density at radius 3 is 2.93 bits per heavy atom. The second-order valence-electron chi connectivity index (χ2n) is 4.43. The lowest BCUT2D eigenvalue weighted by Gasteiger charge is -2.23. The summed E-state index contributed by atoms with van der Waals surface area (Å²) in [5.41, 5.74) is 6.01. The predicted octanol–water partition coefficient (Wildman–Crippen LogP) is 2.85. The standard InChI is InChI=1S/C13H16N/c1-2-6-11-10(5-1)9-14-13-8-4-3-7-12(11)13/h7,9H,1-6,8H2. The van der Waals surface area contributed by atoms with Gasteiger partial charge in [-0.1, -0.05) is 0 Å². The molecule has 1 nitrogen and oxygen atoms in total. The number of aryl methyl sites for hydroxylation is 2. The van der Waals surface area contributed by atoms with Gasteiger partial charge in [0.2, 0.25) is 0 Å². The Kier molecular flexibility index (Phi) is 2.04. The van der Waals surface area contributed by atoms with E-state index >= 15 is 0 Å². The van der Waals surface area contributed by atoms with Crippen molar-refractivity contribution in [1.29, 1.82) is 0 Å². The lowest BCUT2D eigenvalue weighted by molar-refractivity contribution is 0.660. The van der Waals surface area contributed by atoms with Gasteiger partial charge in [-0.3, -0.25) is 4.98 Å². The fraction of sp³-hybridized carbons (Fsp3) is 0.538. The van der Waals surface area contributed by atoms with E-state index in [9.17, 15) is 0 Å². The average molecular weight is 186 g/mol. The molecule has 0 saturated carbocycles. The third-order valence-electron chi connectivity index (χ3n) is 3.49. The lowest BCUT2D eigenvalue weighted by atomic mass is 9.84. The maximum Gasteiger partial charge on any atom is 0.0441 e. The van der Waals surface area contributed by atoms with E-state index < -0.39 is 0 Å². The van der Waals surface area contributed by atoms with E-state index in [1.54, 1.807) is 5.56 Å². The summed E-state index contributed by atoms with van der Waals surface area (Å²) in [6.45, 7) is 0. The zero-order chi connectivity index (χ0) is 9.38. The van der Waals surface area contributed by atoms with Crippen LogP contribution in [0.3, 0.4) is 0 Å². The Morgan fingerprint density at radius 1 is 1.00 bits per heavy atom. The van der Waals surface area contributed by atoms with Crippen molar-refractivity contribution in [2.75, 3.05) is 0 Å². The van der Waals surface area contributed by atoms with Crippen LogP contribution < -0.4 is 0 Å². The molecule has 73 valence electrons. The first-order valence-corrected chi connectivity index (χ1v) is 5.78. The van der Waals surface area contributed by atoms with E-state index in [0.717, 1.165) is 0 Å². The normalized spacial score (nSPS) is 20.0. The summed E-state index contributed by atoms with van der Waals surface area (Å²) in [5.74, 6) is 0. The van der Waals surface area contributed by atoms with Crippen molar-refractivity contribution >= 4 is 0 Å². The number of nitrogens with zero attached hydrogens (tertiary/aromatic N) is 1. The first-order chi connectivity index (χ1) is 6.95. The molecule has 2 aliphatic carbocycles. The molecule has 3 rings (SSSR count). The SMILES string of the molecule is [CH]1CCCc2ncc3c(c21)CCCC3. The summed E-state index contributed by atoms with van der Waals surface area (Å²) < 4.78 is 0. The highest BCUT2D eigenvalue weighted by Gasteiger charge is 2.19. The second-order valence-corrected chi connectivity index (χ2v) is 4.43. The molecule has 2 aliphatic rings. The van der Waals surface area contributed by atoms with Crippen molar-refractivity contribution < 1.29 is 0 Å². The molecule has 0 saturated heterocycles. The fourth-order valence-electron chi connectivity index (χ4n) is 2.73. The topological polar surface area (TPSA) is 12.9 Å². The summed E-state index contributed by atoms with van der Waals surface area (Å²) in [4.78, 5) is 4.60. The first-order valence-electron chi connectivity index (χ1n) is 5.78. The molecule has 0 atom stereocenters. The van der Waals surface area contributed by atoms with E-state index in [0.29, 0.717) is 0 Å².